The van der Waals surface area contributed by atoms with Gasteiger partial charge in [-0.05, 0) is 37.1 Å². The fraction of sp³-hybridized carbons (Fsp3) is 0.294. The summed E-state index contributed by atoms with van der Waals surface area (Å²) in [5, 5.41) is 13.1. The molecule has 0 radical (unpaired) electrons. The lowest BCUT2D eigenvalue weighted by molar-refractivity contribution is 0.300. The molecule has 1 unspecified atom stereocenters. The summed E-state index contributed by atoms with van der Waals surface area (Å²) in [5.74, 6) is 1.02. The number of phenolic OH excluding ortho intramolecular Hbond substituents is 1. The lowest BCUT2D eigenvalue weighted by Gasteiger charge is -2.20. The zero-order chi connectivity index (χ0) is 14.1. The minimum Gasteiger partial charge on any atom is -0.508 e. The Balaban J connectivity index is 1.79. The van der Waals surface area contributed by atoms with Crippen LogP contribution >= 0.6 is 0 Å². The maximum atomic E-state index is 9.48. The predicted molar refractivity (Wildman–Crippen MR) is 79.1 cm³/mol. The summed E-state index contributed by atoms with van der Waals surface area (Å²) in [4.78, 5) is 0. The van der Waals surface area contributed by atoms with Gasteiger partial charge in [-0.2, -0.15) is 0 Å². The van der Waals surface area contributed by atoms with Crippen LogP contribution in [0.5, 0.6) is 11.5 Å². The standard InChI is InChI=1S/C17H19NO2/c1-11-5-3-4-6-14(11)12(2)18-16-10-20-17-9-13(19)7-8-15(16)17/h3-9,12,16,18-19H,10H2,1-2H3/t12-,16?/m1/s1. The molecule has 3 rings (SSSR count). The first-order valence-corrected chi connectivity index (χ1v) is 6.92. The van der Waals surface area contributed by atoms with Crippen molar-refractivity contribution in [2.24, 2.45) is 0 Å². The van der Waals surface area contributed by atoms with Crippen LogP contribution in [-0.2, 0) is 0 Å². The predicted octanol–water partition coefficient (Wildman–Crippen LogP) is 3.48. The third kappa shape index (κ3) is 2.37. The molecule has 0 saturated carbocycles. The minimum atomic E-state index is 0.167. The Hall–Kier alpha value is -2.00. The molecule has 2 atom stereocenters. The van der Waals surface area contributed by atoms with Crippen molar-refractivity contribution in [3.05, 3.63) is 59.2 Å². The van der Waals surface area contributed by atoms with Gasteiger partial charge in [0.25, 0.3) is 0 Å². The van der Waals surface area contributed by atoms with E-state index >= 15 is 0 Å². The molecular weight excluding hydrogens is 250 g/mol. The lowest BCUT2D eigenvalue weighted by atomic mass is 10.0. The average Bonchev–Trinajstić information content (AvgIpc) is 2.81. The first-order chi connectivity index (χ1) is 9.65. The van der Waals surface area contributed by atoms with E-state index in [9.17, 15) is 5.11 Å². The number of rotatable bonds is 3. The van der Waals surface area contributed by atoms with Crippen molar-refractivity contribution in [3.8, 4) is 11.5 Å². The van der Waals surface area contributed by atoms with Crippen LogP contribution in [0.3, 0.4) is 0 Å². The van der Waals surface area contributed by atoms with Gasteiger partial charge in [0.05, 0.1) is 6.04 Å². The fourth-order valence-corrected chi connectivity index (χ4v) is 2.80. The molecule has 3 heteroatoms. The summed E-state index contributed by atoms with van der Waals surface area (Å²) in [5.41, 5.74) is 3.71. The third-order valence-electron chi connectivity index (χ3n) is 3.88. The Bertz CT molecular complexity index is 624. The van der Waals surface area contributed by atoms with Crippen LogP contribution in [0.2, 0.25) is 0 Å². The Morgan fingerprint density at radius 2 is 2.05 bits per heavy atom. The number of nitrogens with one attached hydrogen (secondary N) is 1. The van der Waals surface area contributed by atoms with Crippen LogP contribution in [0.4, 0.5) is 0 Å². The molecule has 2 N–H and O–H groups in total. The monoisotopic (exact) mass is 269 g/mol. The van der Waals surface area contributed by atoms with Gasteiger partial charge in [-0.15, -0.1) is 0 Å². The highest BCUT2D eigenvalue weighted by Crippen LogP contribution is 2.36. The fourth-order valence-electron chi connectivity index (χ4n) is 2.80. The van der Waals surface area contributed by atoms with Gasteiger partial charge in [-0.25, -0.2) is 0 Å². The maximum Gasteiger partial charge on any atom is 0.127 e. The first-order valence-electron chi connectivity index (χ1n) is 6.92. The van der Waals surface area contributed by atoms with Crippen LogP contribution in [-0.4, -0.2) is 11.7 Å². The van der Waals surface area contributed by atoms with Crippen molar-refractivity contribution in [2.75, 3.05) is 6.61 Å². The van der Waals surface area contributed by atoms with Gasteiger partial charge >= 0.3 is 0 Å². The summed E-state index contributed by atoms with van der Waals surface area (Å²) in [6.07, 6.45) is 0. The van der Waals surface area contributed by atoms with E-state index in [4.69, 9.17) is 4.74 Å². The van der Waals surface area contributed by atoms with Crippen LogP contribution in [0.1, 0.15) is 35.7 Å². The molecule has 0 aliphatic carbocycles. The molecule has 0 saturated heterocycles. The van der Waals surface area contributed by atoms with E-state index in [-0.39, 0.29) is 17.8 Å². The van der Waals surface area contributed by atoms with E-state index in [0.29, 0.717) is 6.61 Å². The third-order valence-corrected chi connectivity index (χ3v) is 3.88. The van der Waals surface area contributed by atoms with E-state index in [1.54, 1.807) is 12.1 Å². The van der Waals surface area contributed by atoms with Crippen LogP contribution in [0, 0.1) is 6.92 Å². The van der Waals surface area contributed by atoms with Gasteiger partial charge in [0, 0.05) is 17.7 Å². The Kier molecular flexibility index (Phi) is 3.36. The summed E-state index contributed by atoms with van der Waals surface area (Å²) in [6.45, 7) is 4.90. The van der Waals surface area contributed by atoms with E-state index in [1.807, 2.05) is 6.07 Å². The Morgan fingerprint density at radius 3 is 2.85 bits per heavy atom. The van der Waals surface area contributed by atoms with Crippen molar-refractivity contribution >= 4 is 0 Å². The Morgan fingerprint density at radius 1 is 1.25 bits per heavy atom. The van der Waals surface area contributed by atoms with Crippen molar-refractivity contribution < 1.29 is 9.84 Å². The second-order valence-corrected chi connectivity index (χ2v) is 5.33. The molecule has 0 fully saturated rings. The highest BCUT2D eigenvalue weighted by Gasteiger charge is 2.26. The number of ether oxygens (including phenoxy) is 1. The molecule has 1 aliphatic heterocycles. The molecule has 0 amide bonds. The Labute approximate surface area is 119 Å². The smallest absolute Gasteiger partial charge is 0.127 e. The highest BCUT2D eigenvalue weighted by molar-refractivity contribution is 5.44. The van der Waals surface area contributed by atoms with Crippen molar-refractivity contribution in [2.45, 2.75) is 25.9 Å². The molecule has 0 aromatic heterocycles. The average molecular weight is 269 g/mol. The van der Waals surface area contributed by atoms with Crippen molar-refractivity contribution in [1.29, 1.82) is 0 Å². The van der Waals surface area contributed by atoms with E-state index < -0.39 is 0 Å². The van der Waals surface area contributed by atoms with Gasteiger partial charge in [0.2, 0.25) is 0 Å². The molecule has 2 aromatic rings. The summed E-state index contributed by atoms with van der Waals surface area (Å²) < 4.78 is 5.64. The number of hydrogen-bond acceptors (Lipinski definition) is 3. The molecule has 0 spiro atoms. The number of phenols is 1. The number of aromatic hydroxyl groups is 1. The van der Waals surface area contributed by atoms with Gasteiger partial charge in [0.15, 0.2) is 0 Å². The van der Waals surface area contributed by atoms with Gasteiger partial charge in [0.1, 0.15) is 18.1 Å². The summed E-state index contributed by atoms with van der Waals surface area (Å²) in [6, 6.07) is 14.1. The maximum absolute atomic E-state index is 9.48. The highest BCUT2D eigenvalue weighted by atomic mass is 16.5. The van der Waals surface area contributed by atoms with Gasteiger partial charge < -0.3 is 15.2 Å². The minimum absolute atomic E-state index is 0.167. The molecule has 1 aliphatic rings. The molecule has 0 bridgehead atoms. The van der Waals surface area contributed by atoms with Crippen LogP contribution in [0.25, 0.3) is 0 Å². The quantitative estimate of drug-likeness (QED) is 0.896. The lowest BCUT2D eigenvalue weighted by Crippen LogP contribution is -2.26. The zero-order valence-corrected chi connectivity index (χ0v) is 11.8. The van der Waals surface area contributed by atoms with Gasteiger partial charge in [-0.1, -0.05) is 24.3 Å². The summed E-state index contributed by atoms with van der Waals surface area (Å²) >= 11 is 0. The van der Waals surface area contributed by atoms with E-state index in [1.165, 1.54) is 11.1 Å². The number of fused-ring (bicyclic) bond motifs is 1. The van der Waals surface area contributed by atoms with Crippen LogP contribution in [0.15, 0.2) is 42.5 Å². The van der Waals surface area contributed by atoms with Crippen molar-refractivity contribution in [1.82, 2.24) is 5.32 Å². The molecule has 104 valence electrons. The number of hydrogen-bond donors (Lipinski definition) is 2. The molecular formula is C17H19NO2. The molecule has 1 heterocycles. The largest absolute Gasteiger partial charge is 0.508 e. The van der Waals surface area contributed by atoms with E-state index in [0.717, 1.165) is 11.3 Å². The number of aryl methyl sites for hydroxylation is 1. The zero-order valence-electron chi connectivity index (χ0n) is 11.8. The molecule has 2 aromatic carbocycles. The normalized spacial score (nSPS) is 18.4. The summed E-state index contributed by atoms with van der Waals surface area (Å²) in [7, 11) is 0. The number of benzene rings is 2. The SMILES string of the molecule is Cc1ccccc1[C@@H](C)NC1COc2cc(O)ccc21. The van der Waals surface area contributed by atoms with Gasteiger partial charge in [-0.3, -0.25) is 0 Å². The second-order valence-electron chi connectivity index (χ2n) is 5.33. The second kappa shape index (κ2) is 5.17. The van der Waals surface area contributed by atoms with Crippen LogP contribution < -0.4 is 10.1 Å². The topological polar surface area (TPSA) is 41.5 Å². The van der Waals surface area contributed by atoms with Crippen molar-refractivity contribution in [3.63, 3.8) is 0 Å². The first kappa shape index (κ1) is 13.0. The molecule has 20 heavy (non-hydrogen) atoms. The molecule has 3 nitrogen and oxygen atoms in total. The van der Waals surface area contributed by atoms with E-state index in [2.05, 4.69) is 43.4 Å².